The van der Waals surface area contributed by atoms with Gasteiger partial charge in [-0.25, -0.2) is 4.79 Å². The SMILES string of the molecule is CC(C)N(CC(=O)Nc1ccc(Oc2ccccc2)cc1)C1CCN(Cc2ccc(C(=O)O)cc2)CC1. The number of nitrogens with one attached hydrogen (secondary N) is 1. The van der Waals surface area contributed by atoms with Crippen molar-refractivity contribution in [3.05, 3.63) is 90.0 Å². The second-order valence-electron chi connectivity index (χ2n) is 9.76. The maximum Gasteiger partial charge on any atom is 0.335 e. The lowest BCUT2D eigenvalue weighted by molar-refractivity contribution is -0.118. The summed E-state index contributed by atoms with van der Waals surface area (Å²) in [4.78, 5) is 28.6. The summed E-state index contributed by atoms with van der Waals surface area (Å²) < 4.78 is 5.83. The van der Waals surface area contributed by atoms with Crippen LogP contribution in [0.3, 0.4) is 0 Å². The minimum atomic E-state index is -0.903. The molecule has 1 aliphatic rings. The van der Waals surface area contributed by atoms with Crippen LogP contribution < -0.4 is 10.1 Å². The molecule has 1 saturated heterocycles. The van der Waals surface area contributed by atoms with Crippen molar-refractivity contribution in [3.8, 4) is 11.5 Å². The third-order valence-corrected chi connectivity index (χ3v) is 6.74. The van der Waals surface area contributed by atoms with Gasteiger partial charge in [-0.05, 0) is 93.9 Å². The van der Waals surface area contributed by atoms with Gasteiger partial charge >= 0.3 is 5.97 Å². The lowest BCUT2D eigenvalue weighted by atomic mass is 10.0. The van der Waals surface area contributed by atoms with Crippen molar-refractivity contribution < 1.29 is 19.4 Å². The van der Waals surface area contributed by atoms with E-state index in [9.17, 15) is 9.59 Å². The minimum absolute atomic E-state index is 0.0219. The molecule has 7 nitrogen and oxygen atoms in total. The number of benzene rings is 3. The van der Waals surface area contributed by atoms with Gasteiger partial charge in [-0.3, -0.25) is 14.6 Å². The van der Waals surface area contributed by atoms with E-state index < -0.39 is 5.97 Å². The molecule has 1 amide bonds. The minimum Gasteiger partial charge on any atom is -0.478 e. The summed E-state index contributed by atoms with van der Waals surface area (Å²) >= 11 is 0. The third kappa shape index (κ3) is 7.65. The van der Waals surface area contributed by atoms with Crippen LogP contribution in [0.25, 0.3) is 0 Å². The van der Waals surface area contributed by atoms with Gasteiger partial charge < -0.3 is 15.2 Å². The lowest BCUT2D eigenvalue weighted by Gasteiger charge is -2.40. The number of carbonyl (C=O) groups excluding carboxylic acids is 1. The van der Waals surface area contributed by atoms with Crippen molar-refractivity contribution in [2.45, 2.75) is 45.3 Å². The maximum atomic E-state index is 12.9. The Hall–Kier alpha value is -3.68. The highest BCUT2D eigenvalue weighted by molar-refractivity contribution is 5.92. The Morgan fingerprint density at radius 2 is 1.57 bits per heavy atom. The summed E-state index contributed by atoms with van der Waals surface area (Å²) in [6, 6.07) is 24.7. The zero-order chi connectivity index (χ0) is 26.2. The second-order valence-corrected chi connectivity index (χ2v) is 9.76. The molecule has 0 bridgehead atoms. The number of nitrogens with zero attached hydrogens (tertiary/aromatic N) is 2. The van der Waals surface area contributed by atoms with Crippen LogP contribution in [0.5, 0.6) is 11.5 Å². The molecule has 1 heterocycles. The number of amides is 1. The van der Waals surface area contributed by atoms with Crippen LogP contribution in [-0.4, -0.2) is 58.5 Å². The molecular weight excluding hydrogens is 466 g/mol. The standard InChI is InChI=1S/C30H35N3O4/c1-22(2)33(26-16-18-32(19-17-26)20-23-8-10-24(11-9-23)30(35)36)21-29(34)31-25-12-14-28(15-13-25)37-27-6-4-3-5-7-27/h3-15,22,26H,16-21H2,1-2H3,(H,31,34)(H,35,36). The highest BCUT2D eigenvalue weighted by Crippen LogP contribution is 2.24. The molecule has 1 fully saturated rings. The van der Waals surface area contributed by atoms with E-state index in [4.69, 9.17) is 9.84 Å². The largest absolute Gasteiger partial charge is 0.478 e. The normalized spacial score (nSPS) is 14.6. The van der Waals surface area contributed by atoms with E-state index in [1.807, 2.05) is 66.7 Å². The quantitative estimate of drug-likeness (QED) is 0.382. The average Bonchev–Trinajstić information content (AvgIpc) is 2.90. The Morgan fingerprint density at radius 1 is 0.946 bits per heavy atom. The molecule has 0 unspecified atom stereocenters. The molecule has 0 atom stereocenters. The summed E-state index contributed by atoms with van der Waals surface area (Å²) in [6.07, 6.45) is 1.98. The van der Waals surface area contributed by atoms with E-state index in [1.165, 1.54) is 0 Å². The molecule has 194 valence electrons. The van der Waals surface area contributed by atoms with Gasteiger partial charge in [0.05, 0.1) is 12.1 Å². The number of carboxylic acid groups (broad SMARTS) is 1. The lowest BCUT2D eigenvalue weighted by Crippen LogP contribution is -2.49. The van der Waals surface area contributed by atoms with Crippen molar-refractivity contribution in [3.63, 3.8) is 0 Å². The number of ether oxygens (including phenoxy) is 1. The zero-order valence-corrected chi connectivity index (χ0v) is 21.5. The summed E-state index contributed by atoms with van der Waals surface area (Å²) in [5.74, 6) is 0.567. The van der Waals surface area contributed by atoms with Crippen molar-refractivity contribution in [2.24, 2.45) is 0 Å². The Morgan fingerprint density at radius 3 is 2.16 bits per heavy atom. The Kier molecular flexibility index (Phi) is 8.93. The van der Waals surface area contributed by atoms with E-state index in [1.54, 1.807) is 12.1 Å². The van der Waals surface area contributed by atoms with Gasteiger partial charge in [-0.2, -0.15) is 0 Å². The van der Waals surface area contributed by atoms with Crippen molar-refractivity contribution in [2.75, 3.05) is 25.0 Å². The fourth-order valence-electron chi connectivity index (χ4n) is 4.75. The van der Waals surface area contributed by atoms with E-state index in [-0.39, 0.29) is 11.9 Å². The van der Waals surface area contributed by atoms with Crippen molar-refractivity contribution >= 4 is 17.6 Å². The number of carbonyl (C=O) groups is 2. The smallest absolute Gasteiger partial charge is 0.335 e. The third-order valence-electron chi connectivity index (χ3n) is 6.74. The zero-order valence-electron chi connectivity index (χ0n) is 21.5. The predicted octanol–water partition coefficient (Wildman–Crippen LogP) is 5.49. The number of hydrogen-bond acceptors (Lipinski definition) is 5. The molecule has 0 aliphatic carbocycles. The fourth-order valence-corrected chi connectivity index (χ4v) is 4.75. The molecular formula is C30H35N3O4. The number of aromatic carboxylic acids is 1. The van der Waals surface area contributed by atoms with Crippen LogP contribution >= 0.6 is 0 Å². The summed E-state index contributed by atoms with van der Waals surface area (Å²) in [6.45, 7) is 7.32. The second kappa shape index (κ2) is 12.5. The number of carboxylic acids is 1. The predicted molar refractivity (Wildman–Crippen MR) is 145 cm³/mol. The Labute approximate surface area is 218 Å². The first kappa shape index (κ1) is 26.4. The average molecular weight is 502 g/mol. The van der Waals surface area contributed by atoms with Crippen LogP contribution in [0.2, 0.25) is 0 Å². The van der Waals surface area contributed by atoms with Gasteiger partial charge in [0.15, 0.2) is 0 Å². The number of anilines is 1. The van der Waals surface area contributed by atoms with Crippen LogP contribution in [0.4, 0.5) is 5.69 Å². The summed E-state index contributed by atoms with van der Waals surface area (Å²) in [5, 5.41) is 12.1. The molecule has 0 spiro atoms. The molecule has 37 heavy (non-hydrogen) atoms. The molecule has 2 N–H and O–H groups in total. The van der Waals surface area contributed by atoms with Crippen LogP contribution in [0.15, 0.2) is 78.9 Å². The first-order chi connectivity index (χ1) is 17.9. The topological polar surface area (TPSA) is 82.1 Å². The van der Waals surface area contributed by atoms with Gasteiger partial charge in [0.25, 0.3) is 0 Å². The molecule has 0 saturated carbocycles. The fraction of sp³-hybridized carbons (Fsp3) is 0.333. The summed E-state index contributed by atoms with van der Waals surface area (Å²) in [5.41, 5.74) is 2.17. The van der Waals surface area contributed by atoms with Crippen molar-refractivity contribution in [1.29, 1.82) is 0 Å². The van der Waals surface area contributed by atoms with Crippen LogP contribution in [-0.2, 0) is 11.3 Å². The van der Waals surface area contributed by atoms with Gasteiger partial charge in [0.1, 0.15) is 11.5 Å². The number of rotatable bonds is 10. The Balaban J connectivity index is 1.26. The molecule has 0 aromatic heterocycles. The number of likely N-dealkylation sites (tertiary alicyclic amines) is 1. The number of para-hydroxylation sites is 1. The first-order valence-corrected chi connectivity index (χ1v) is 12.8. The Bertz CT molecular complexity index is 1160. The van der Waals surface area contributed by atoms with E-state index in [2.05, 4.69) is 29.0 Å². The van der Waals surface area contributed by atoms with Gasteiger partial charge in [-0.15, -0.1) is 0 Å². The maximum absolute atomic E-state index is 12.9. The molecule has 7 heteroatoms. The van der Waals surface area contributed by atoms with Crippen molar-refractivity contribution in [1.82, 2.24) is 9.80 Å². The highest BCUT2D eigenvalue weighted by atomic mass is 16.5. The van der Waals surface area contributed by atoms with E-state index in [0.29, 0.717) is 18.2 Å². The van der Waals surface area contributed by atoms with Crippen LogP contribution in [0, 0.1) is 0 Å². The van der Waals surface area contributed by atoms with Gasteiger partial charge in [0, 0.05) is 24.3 Å². The van der Waals surface area contributed by atoms with Gasteiger partial charge in [0.2, 0.25) is 5.91 Å². The molecule has 3 aromatic carbocycles. The number of piperidine rings is 1. The van der Waals surface area contributed by atoms with Gasteiger partial charge in [-0.1, -0.05) is 30.3 Å². The molecule has 1 aliphatic heterocycles. The number of hydrogen-bond donors (Lipinski definition) is 2. The van der Waals surface area contributed by atoms with E-state index >= 15 is 0 Å². The monoisotopic (exact) mass is 501 g/mol. The van der Waals surface area contributed by atoms with E-state index in [0.717, 1.165) is 55.2 Å². The summed E-state index contributed by atoms with van der Waals surface area (Å²) in [7, 11) is 0. The first-order valence-electron chi connectivity index (χ1n) is 12.8. The molecule has 4 rings (SSSR count). The molecule has 3 aromatic rings. The molecule has 0 radical (unpaired) electrons. The highest BCUT2D eigenvalue weighted by Gasteiger charge is 2.27. The van der Waals surface area contributed by atoms with Crippen LogP contribution in [0.1, 0.15) is 42.6 Å².